The van der Waals surface area contributed by atoms with Crippen LogP contribution in [0, 0.1) is 17.9 Å². The standard InChI is InChI=1S/C30H22N4S/c1-30(2)26-17-24(34(22-12-6-4-7-13-22)23-14-8-5-9-15-23)20-33-28(26)29-27(30)18-25(35-29)16-10-11-21(19-31)32-3/h4-18,20H,1-2H3/b16-10+,21-11-. The van der Waals surface area contributed by atoms with Gasteiger partial charge >= 0.3 is 0 Å². The van der Waals surface area contributed by atoms with Gasteiger partial charge in [0.1, 0.15) is 0 Å². The lowest BCUT2D eigenvalue weighted by Gasteiger charge is -2.27. The van der Waals surface area contributed by atoms with E-state index in [9.17, 15) is 0 Å². The van der Waals surface area contributed by atoms with Crippen molar-refractivity contribution < 1.29 is 0 Å². The van der Waals surface area contributed by atoms with Crippen LogP contribution >= 0.6 is 11.3 Å². The van der Waals surface area contributed by atoms with E-state index in [1.54, 1.807) is 23.5 Å². The number of nitrogens with zero attached hydrogens (tertiary/aromatic N) is 4. The first-order valence-electron chi connectivity index (χ1n) is 11.2. The molecule has 0 bridgehead atoms. The molecule has 35 heavy (non-hydrogen) atoms. The Morgan fingerprint density at radius 1 is 1.00 bits per heavy atom. The molecule has 0 radical (unpaired) electrons. The summed E-state index contributed by atoms with van der Waals surface area (Å²) in [5.74, 6) is 0. The second-order valence-corrected chi connectivity index (χ2v) is 9.83. The average Bonchev–Trinajstić information content (AvgIpc) is 3.40. The summed E-state index contributed by atoms with van der Waals surface area (Å²) < 4.78 is 0. The molecule has 0 atom stereocenters. The maximum Gasteiger partial charge on any atom is 0.261 e. The summed E-state index contributed by atoms with van der Waals surface area (Å²) >= 11 is 1.69. The van der Waals surface area contributed by atoms with E-state index in [4.69, 9.17) is 16.8 Å². The largest absolute Gasteiger partial charge is 0.309 e. The van der Waals surface area contributed by atoms with Crippen LogP contribution in [0.2, 0.25) is 0 Å². The number of para-hydroxylation sites is 2. The summed E-state index contributed by atoms with van der Waals surface area (Å²) in [4.78, 5) is 12.7. The maximum absolute atomic E-state index is 8.93. The summed E-state index contributed by atoms with van der Waals surface area (Å²) in [6.07, 6.45) is 7.21. The molecule has 0 aliphatic heterocycles. The van der Waals surface area contributed by atoms with E-state index in [1.807, 2.05) is 30.5 Å². The maximum atomic E-state index is 8.93. The Balaban J connectivity index is 1.56. The van der Waals surface area contributed by atoms with Crippen LogP contribution in [0.25, 0.3) is 21.5 Å². The van der Waals surface area contributed by atoms with Crippen molar-refractivity contribution in [3.63, 3.8) is 0 Å². The van der Waals surface area contributed by atoms with E-state index in [0.717, 1.165) is 27.6 Å². The highest BCUT2D eigenvalue weighted by Crippen LogP contribution is 2.53. The van der Waals surface area contributed by atoms with Gasteiger partial charge in [-0.2, -0.15) is 0 Å². The second kappa shape index (κ2) is 9.06. The molecule has 2 aromatic heterocycles. The van der Waals surface area contributed by atoms with E-state index in [-0.39, 0.29) is 11.1 Å². The van der Waals surface area contributed by atoms with E-state index >= 15 is 0 Å². The molecular formula is C30H22N4S. The molecule has 0 saturated heterocycles. The SMILES string of the molecule is [C-]#[N+]/C(C#N)=C\C=C\c1cc2c(s1)-c1ncc(N(c3ccccc3)c3ccccc3)cc1C2(C)C. The fraction of sp³-hybridized carbons (Fsp3) is 0.100. The number of aromatic nitrogens is 1. The van der Waals surface area contributed by atoms with E-state index < -0.39 is 0 Å². The minimum absolute atomic E-state index is 0.0756. The number of anilines is 3. The zero-order valence-corrected chi connectivity index (χ0v) is 20.3. The number of allylic oxidation sites excluding steroid dienone is 3. The van der Waals surface area contributed by atoms with Gasteiger partial charge in [0, 0.05) is 21.7 Å². The van der Waals surface area contributed by atoms with Gasteiger partial charge in [-0.15, -0.1) is 11.3 Å². The summed E-state index contributed by atoms with van der Waals surface area (Å²) in [6.45, 7) is 11.5. The molecule has 0 saturated carbocycles. The molecule has 168 valence electrons. The van der Waals surface area contributed by atoms with Crippen molar-refractivity contribution in [2.45, 2.75) is 19.3 Å². The lowest BCUT2D eigenvalue weighted by Crippen LogP contribution is -2.16. The topological polar surface area (TPSA) is 44.3 Å². The number of fused-ring (bicyclic) bond motifs is 3. The molecule has 4 aromatic rings. The fourth-order valence-corrected chi connectivity index (χ4v) is 5.69. The Kier molecular flexibility index (Phi) is 5.79. The first kappa shape index (κ1) is 22.3. The molecule has 2 aromatic carbocycles. The van der Waals surface area contributed by atoms with Gasteiger partial charge in [-0.1, -0.05) is 56.3 Å². The summed E-state index contributed by atoms with van der Waals surface area (Å²) in [6, 6.07) is 27.1. The Morgan fingerprint density at radius 2 is 1.66 bits per heavy atom. The third-order valence-electron chi connectivity index (χ3n) is 6.22. The Labute approximate surface area is 209 Å². The first-order chi connectivity index (χ1) is 17.0. The Bertz CT molecular complexity index is 1480. The van der Waals surface area contributed by atoms with Crippen LogP contribution in [0.5, 0.6) is 0 Å². The zero-order chi connectivity index (χ0) is 24.4. The molecule has 1 aliphatic carbocycles. The highest BCUT2D eigenvalue weighted by Gasteiger charge is 2.38. The van der Waals surface area contributed by atoms with Gasteiger partial charge in [0.15, 0.2) is 0 Å². The molecule has 0 unspecified atom stereocenters. The quantitative estimate of drug-likeness (QED) is 0.167. The monoisotopic (exact) mass is 470 g/mol. The van der Waals surface area contributed by atoms with Crippen molar-refractivity contribution in [3.8, 4) is 16.6 Å². The van der Waals surface area contributed by atoms with Gasteiger partial charge in [-0.3, -0.25) is 4.98 Å². The molecule has 0 N–H and O–H groups in total. The van der Waals surface area contributed by atoms with Gasteiger partial charge < -0.3 is 4.90 Å². The lowest BCUT2D eigenvalue weighted by atomic mass is 9.83. The average molecular weight is 471 g/mol. The molecular weight excluding hydrogens is 448 g/mol. The van der Waals surface area contributed by atoms with Crippen LogP contribution in [0.4, 0.5) is 17.1 Å². The predicted octanol–water partition coefficient (Wildman–Crippen LogP) is 8.26. The van der Waals surface area contributed by atoms with Crippen LogP contribution in [0.15, 0.2) is 96.8 Å². The third kappa shape index (κ3) is 4.04. The van der Waals surface area contributed by atoms with Crippen LogP contribution in [0.1, 0.15) is 29.9 Å². The Morgan fingerprint density at radius 3 is 2.26 bits per heavy atom. The van der Waals surface area contributed by atoms with Crippen molar-refractivity contribution >= 4 is 34.5 Å². The molecule has 0 spiro atoms. The molecule has 2 heterocycles. The molecule has 5 rings (SSSR count). The summed E-state index contributed by atoms with van der Waals surface area (Å²) in [5.41, 5.74) is 6.56. The lowest BCUT2D eigenvalue weighted by molar-refractivity contribution is 0.660. The van der Waals surface area contributed by atoms with Crippen LogP contribution in [-0.2, 0) is 5.41 Å². The van der Waals surface area contributed by atoms with Gasteiger partial charge in [0.05, 0.1) is 35.1 Å². The second-order valence-electron chi connectivity index (χ2n) is 8.75. The van der Waals surface area contributed by atoms with E-state index in [1.165, 1.54) is 16.0 Å². The zero-order valence-electron chi connectivity index (χ0n) is 19.4. The third-order valence-corrected chi connectivity index (χ3v) is 7.33. The number of rotatable bonds is 5. The van der Waals surface area contributed by atoms with E-state index in [0.29, 0.717) is 0 Å². The minimum Gasteiger partial charge on any atom is -0.309 e. The molecule has 4 nitrogen and oxygen atoms in total. The molecule has 5 heteroatoms. The predicted molar refractivity (Wildman–Crippen MR) is 144 cm³/mol. The highest BCUT2D eigenvalue weighted by atomic mass is 32.1. The number of thiophene rings is 1. The number of benzene rings is 2. The molecule has 0 fully saturated rings. The summed E-state index contributed by atoms with van der Waals surface area (Å²) in [5, 5.41) is 8.93. The summed E-state index contributed by atoms with van der Waals surface area (Å²) in [7, 11) is 0. The molecule has 0 amide bonds. The normalized spacial score (nSPS) is 13.7. The minimum atomic E-state index is -0.195. The smallest absolute Gasteiger partial charge is 0.261 e. The Hall–Kier alpha value is -4.45. The number of hydrogen-bond acceptors (Lipinski definition) is 4. The fourth-order valence-electron chi connectivity index (χ4n) is 4.45. The highest BCUT2D eigenvalue weighted by molar-refractivity contribution is 7.16. The van der Waals surface area contributed by atoms with Crippen molar-refractivity contribution in [2.24, 2.45) is 0 Å². The first-order valence-corrected chi connectivity index (χ1v) is 12.1. The number of hydrogen-bond donors (Lipinski definition) is 0. The van der Waals surface area contributed by atoms with Crippen LogP contribution in [0.3, 0.4) is 0 Å². The van der Waals surface area contributed by atoms with E-state index in [2.05, 4.69) is 84.3 Å². The van der Waals surface area contributed by atoms with Crippen molar-refractivity contribution in [3.05, 3.63) is 124 Å². The number of nitriles is 1. The van der Waals surface area contributed by atoms with Gasteiger partial charge in [0.2, 0.25) is 0 Å². The molecule has 1 aliphatic rings. The van der Waals surface area contributed by atoms with Gasteiger partial charge in [-0.25, -0.2) is 10.1 Å². The van der Waals surface area contributed by atoms with Crippen molar-refractivity contribution in [1.29, 1.82) is 5.26 Å². The van der Waals surface area contributed by atoms with Crippen LogP contribution in [-0.4, -0.2) is 4.98 Å². The van der Waals surface area contributed by atoms with Crippen molar-refractivity contribution in [2.75, 3.05) is 4.90 Å². The van der Waals surface area contributed by atoms with Crippen molar-refractivity contribution in [1.82, 2.24) is 4.98 Å². The number of pyridine rings is 1. The van der Waals surface area contributed by atoms with Gasteiger partial charge in [-0.05, 0) is 59.7 Å². The van der Waals surface area contributed by atoms with Crippen LogP contribution < -0.4 is 4.90 Å². The van der Waals surface area contributed by atoms with Gasteiger partial charge in [0.25, 0.3) is 5.70 Å².